The highest BCUT2D eigenvalue weighted by atomic mass is 19.1. The van der Waals surface area contributed by atoms with Crippen molar-refractivity contribution in [3.63, 3.8) is 0 Å². The zero-order valence-corrected chi connectivity index (χ0v) is 12.3. The number of nitrogens with one attached hydrogen (secondary N) is 1. The van der Waals surface area contributed by atoms with Crippen LogP contribution in [0.4, 0.5) is 15.0 Å². The van der Waals surface area contributed by atoms with Crippen LogP contribution >= 0.6 is 0 Å². The number of aromatic nitrogens is 2. The van der Waals surface area contributed by atoms with Gasteiger partial charge in [-0.3, -0.25) is 0 Å². The number of carbonyl (C=O) groups excluding carboxylic acids is 1. The summed E-state index contributed by atoms with van der Waals surface area (Å²) in [6, 6.07) is 4.46. The Hall–Kier alpha value is -2.44. The van der Waals surface area contributed by atoms with Crippen LogP contribution in [0, 0.1) is 5.82 Å². The summed E-state index contributed by atoms with van der Waals surface area (Å²) in [4.78, 5) is 21.6. The number of amides is 1. The summed E-state index contributed by atoms with van der Waals surface area (Å²) < 4.78 is 18.2. The van der Waals surface area contributed by atoms with Gasteiger partial charge < -0.3 is 15.0 Å². The molecule has 0 aliphatic carbocycles. The van der Waals surface area contributed by atoms with Crippen molar-refractivity contribution in [2.45, 2.75) is 18.9 Å². The van der Waals surface area contributed by atoms with Gasteiger partial charge in [0.1, 0.15) is 18.0 Å². The molecule has 1 amide bonds. The van der Waals surface area contributed by atoms with E-state index in [1.807, 2.05) is 0 Å². The largest absolute Gasteiger partial charge is 0.453 e. The number of ether oxygens (including phenoxy) is 1. The van der Waals surface area contributed by atoms with Gasteiger partial charge in [-0.25, -0.2) is 19.2 Å². The molecule has 2 heterocycles. The first-order chi connectivity index (χ1) is 10.7. The van der Waals surface area contributed by atoms with Crippen LogP contribution in [0.3, 0.4) is 0 Å². The lowest BCUT2D eigenvalue weighted by molar-refractivity contribution is 0.113. The highest BCUT2D eigenvalue weighted by Crippen LogP contribution is 2.23. The molecule has 1 saturated heterocycles. The molecular formula is C15H17FN4O2. The molecule has 1 fully saturated rings. The van der Waals surface area contributed by atoms with Crippen LogP contribution < -0.4 is 5.32 Å². The fourth-order valence-electron chi connectivity index (χ4n) is 2.73. The molecule has 0 spiro atoms. The number of anilines is 1. The highest BCUT2D eigenvalue weighted by molar-refractivity contribution is 5.88. The average Bonchev–Trinajstić information content (AvgIpc) is 2.55. The van der Waals surface area contributed by atoms with E-state index in [2.05, 4.69) is 15.3 Å². The highest BCUT2D eigenvalue weighted by Gasteiger charge is 2.24. The smallest absolute Gasteiger partial charge is 0.409 e. The van der Waals surface area contributed by atoms with E-state index in [-0.39, 0.29) is 18.0 Å². The van der Waals surface area contributed by atoms with E-state index < -0.39 is 0 Å². The van der Waals surface area contributed by atoms with E-state index in [0.29, 0.717) is 29.8 Å². The monoisotopic (exact) mass is 304 g/mol. The molecule has 0 bridgehead atoms. The summed E-state index contributed by atoms with van der Waals surface area (Å²) >= 11 is 0. The number of nitrogens with zero attached hydrogens (tertiary/aromatic N) is 3. The van der Waals surface area contributed by atoms with Crippen molar-refractivity contribution in [1.82, 2.24) is 14.9 Å². The van der Waals surface area contributed by atoms with Gasteiger partial charge in [0.15, 0.2) is 0 Å². The van der Waals surface area contributed by atoms with E-state index >= 15 is 0 Å². The van der Waals surface area contributed by atoms with Crippen molar-refractivity contribution in [2.75, 3.05) is 25.5 Å². The maximum atomic E-state index is 13.5. The molecule has 6 nitrogen and oxygen atoms in total. The second-order valence-corrected chi connectivity index (χ2v) is 5.28. The zero-order chi connectivity index (χ0) is 15.5. The molecule has 3 rings (SSSR count). The normalized spacial score (nSPS) is 18.3. The van der Waals surface area contributed by atoms with E-state index in [1.165, 1.54) is 25.6 Å². The van der Waals surface area contributed by atoms with E-state index in [0.717, 1.165) is 12.8 Å². The minimum atomic E-state index is -0.329. The summed E-state index contributed by atoms with van der Waals surface area (Å²) in [6.07, 6.45) is 2.91. The van der Waals surface area contributed by atoms with Gasteiger partial charge in [0, 0.05) is 24.5 Å². The number of likely N-dealkylation sites (tertiary alicyclic amines) is 1. The first kappa shape index (κ1) is 14.5. The molecule has 7 heteroatoms. The lowest BCUT2D eigenvalue weighted by atomic mass is 10.1. The van der Waals surface area contributed by atoms with Crippen molar-refractivity contribution >= 4 is 22.8 Å². The van der Waals surface area contributed by atoms with Gasteiger partial charge in [-0.1, -0.05) is 0 Å². The quantitative estimate of drug-likeness (QED) is 0.923. The Morgan fingerprint density at radius 3 is 3.14 bits per heavy atom. The van der Waals surface area contributed by atoms with Crippen molar-refractivity contribution < 1.29 is 13.9 Å². The number of rotatable bonds is 2. The first-order valence-corrected chi connectivity index (χ1v) is 7.17. The van der Waals surface area contributed by atoms with E-state index in [9.17, 15) is 9.18 Å². The van der Waals surface area contributed by atoms with Crippen molar-refractivity contribution in [3.05, 3.63) is 30.3 Å². The Kier molecular flexibility index (Phi) is 4.04. The standard InChI is InChI=1S/C15H17FN4O2/c1-22-15(21)20-6-2-3-11(8-20)19-14-12-7-10(16)4-5-13(12)17-9-18-14/h4-5,7,9,11H,2-3,6,8H2,1H3,(H,17,18,19). The van der Waals surface area contributed by atoms with Gasteiger partial charge in [-0.2, -0.15) is 0 Å². The third-order valence-corrected chi connectivity index (χ3v) is 3.79. The van der Waals surface area contributed by atoms with Gasteiger partial charge in [0.05, 0.1) is 12.6 Å². The van der Waals surface area contributed by atoms with Crippen LogP contribution in [0.5, 0.6) is 0 Å². The number of hydrogen-bond donors (Lipinski definition) is 1. The van der Waals surface area contributed by atoms with Crippen LogP contribution in [-0.4, -0.2) is 47.2 Å². The van der Waals surface area contributed by atoms with Crippen molar-refractivity contribution in [1.29, 1.82) is 0 Å². The molecule has 1 aromatic carbocycles. The molecule has 0 radical (unpaired) electrons. The molecule has 0 saturated carbocycles. The summed E-state index contributed by atoms with van der Waals surface area (Å²) in [7, 11) is 1.38. The SMILES string of the molecule is COC(=O)N1CCCC(Nc2ncnc3ccc(F)cc23)C1. The summed E-state index contributed by atoms with van der Waals surface area (Å²) in [5.41, 5.74) is 0.680. The van der Waals surface area contributed by atoms with Gasteiger partial charge in [-0.05, 0) is 31.0 Å². The fraction of sp³-hybridized carbons (Fsp3) is 0.400. The lowest BCUT2D eigenvalue weighted by Crippen LogP contribution is -2.45. The minimum Gasteiger partial charge on any atom is -0.453 e. The number of piperidine rings is 1. The lowest BCUT2D eigenvalue weighted by Gasteiger charge is -2.32. The maximum absolute atomic E-state index is 13.5. The summed E-state index contributed by atoms with van der Waals surface area (Å²) in [5.74, 6) is 0.256. The molecule has 116 valence electrons. The molecule has 1 atom stereocenters. The molecule has 22 heavy (non-hydrogen) atoms. The average molecular weight is 304 g/mol. The Morgan fingerprint density at radius 2 is 2.32 bits per heavy atom. The Morgan fingerprint density at radius 1 is 1.45 bits per heavy atom. The van der Waals surface area contributed by atoms with Crippen LogP contribution in [-0.2, 0) is 4.74 Å². The number of methoxy groups -OCH3 is 1. The third kappa shape index (κ3) is 2.93. The topological polar surface area (TPSA) is 67.3 Å². The summed E-state index contributed by atoms with van der Waals surface area (Å²) in [5, 5.41) is 3.93. The molecule has 1 aromatic heterocycles. The maximum Gasteiger partial charge on any atom is 0.409 e. The Labute approximate surface area is 127 Å². The predicted molar refractivity (Wildman–Crippen MR) is 80.1 cm³/mol. The molecule has 1 N–H and O–H groups in total. The molecule has 1 unspecified atom stereocenters. The minimum absolute atomic E-state index is 0.0502. The Bertz CT molecular complexity index is 694. The number of hydrogen-bond acceptors (Lipinski definition) is 5. The van der Waals surface area contributed by atoms with Gasteiger partial charge in [-0.15, -0.1) is 0 Å². The zero-order valence-electron chi connectivity index (χ0n) is 12.3. The number of fused-ring (bicyclic) bond motifs is 1. The van der Waals surface area contributed by atoms with Crippen LogP contribution in [0.2, 0.25) is 0 Å². The third-order valence-electron chi connectivity index (χ3n) is 3.79. The van der Waals surface area contributed by atoms with E-state index in [4.69, 9.17) is 4.74 Å². The predicted octanol–water partition coefficient (Wildman–Crippen LogP) is 2.41. The molecule has 2 aromatic rings. The number of benzene rings is 1. The van der Waals surface area contributed by atoms with Gasteiger partial charge in [0.25, 0.3) is 0 Å². The first-order valence-electron chi connectivity index (χ1n) is 7.17. The number of carbonyl (C=O) groups is 1. The fourth-order valence-corrected chi connectivity index (χ4v) is 2.73. The summed E-state index contributed by atoms with van der Waals surface area (Å²) in [6.45, 7) is 1.22. The Balaban J connectivity index is 1.81. The van der Waals surface area contributed by atoms with Gasteiger partial charge in [0.2, 0.25) is 0 Å². The molecule has 1 aliphatic rings. The van der Waals surface area contributed by atoms with Crippen molar-refractivity contribution in [3.8, 4) is 0 Å². The van der Waals surface area contributed by atoms with Crippen LogP contribution in [0.25, 0.3) is 10.9 Å². The second kappa shape index (κ2) is 6.13. The van der Waals surface area contributed by atoms with E-state index in [1.54, 1.807) is 11.0 Å². The van der Waals surface area contributed by atoms with Crippen LogP contribution in [0.1, 0.15) is 12.8 Å². The molecular weight excluding hydrogens is 287 g/mol. The molecule has 1 aliphatic heterocycles. The second-order valence-electron chi connectivity index (χ2n) is 5.28. The number of halogens is 1. The van der Waals surface area contributed by atoms with Crippen LogP contribution in [0.15, 0.2) is 24.5 Å². The van der Waals surface area contributed by atoms with Gasteiger partial charge >= 0.3 is 6.09 Å². The van der Waals surface area contributed by atoms with Crippen molar-refractivity contribution in [2.24, 2.45) is 0 Å².